The molecule has 0 saturated heterocycles. The van der Waals surface area contributed by atoms with Crippen LogP contribution in [-0.2, 0) is 20.0 Å². The summed E-state index contributed by atoms with van der Waals surface area (Å²) in [5.41, 5.74) is 3.67. The molecule has 6 rings (SSSR count). The molecule has 13 nitrogen and oxygen atoms in total. The number of sulfonamides is 2. The highest BCUT2D eigenvalue weighted by Gasteiger charge is 2.25. The van der Waals surface area contributed by atoms with E-state index in [4.69, 9.17) is 4.74 Å². The maximum absolute atomic E-state index is 13.3. The molecule has 6 aromatic rings. The van der Waals surface area contributed by atoms with Gasteiger partial charge in [0.25, 0.3) is 11.8 Å². The van der Waals surface area contributed by atoms with Crippen molar-refractivity contribution in [2.75, 3.05) is 36.8 Å². The third kappa shape index (κ3) is 13.0. The molecular formula is C48H56N6O7S4. The fraction of sp³-hybridized carbons (Fsp3) is 0.333. The standard InChI is InChI=1S/C48H56N6O7S4/c1-5-9-29-53(30-10-6-2)64(57,58)41-25-17-37(18-26-41)45(55)51-47-49-43(33-62-47)35-13-21-39(22-14-35)61-40-23-15-36(16-24-40)44-34-63-48(50-44)52-46(56)38-19-27-42(28-20-38)65(59,60)54(31-11-7-3)32-12-8-4/h13-28,33-34H,5-12,29-32H2,1-4H3,(H,49,51,55)(H,50,52,56). The van der Waals surface area contributed by atoms with E-state index in [-0.39, 0.29) is 21.6 Å². The molecule has 344 valence electrons. The first-order chi connectivity index (χ1) is 31.4. The number of hydrogen-bond acceptors (Lipinski definition) is 11. The first-order valence-electron chi connectivity index (χ1n) is 22.0. The number of carbonyl (C=O) groups is 2. The summed E-state index contributed by atoms with van der Waals surface area (Å²) in [4.78, 5) is 35.7. The van der Waals surface area contributed by atoms with Crippen LogP contribution in [0.2, 0.25) is 0 Å². The van der Waals surface area contributed by atoms with Crippen molar-refractivity contribution in [1.29, 1.82) is 0 Å². The van der Waals surface area contributed by atoms with Crippen molar-refractivity contribution in [3.05, 3.63) is 119 Å². The van der Waals surface area contributed by atoms with Gasteiger partial charge in [-0.3, -0.25) is 20.2 Å². The molecule has 4 aromatic carbocycles. The smallest absolute Gasteiger partial charge is 0.257 e. The number of nitrogens with one attached hydrogen (secondary N) is 2. The van der Waals surface area contributed by atoms with Gasteiger partial charge in [-0.25, -0.2) is 26.8 Å². The second-order valence-electron chi connectivity index (χ2n) is 15.4. The fourth-order valence-electron chi connectivity index (χ4n) is 6.69. The van der Waals surface area contributed by atoms with Crippen molar-refractivity contribution in [1.82, 2.24) is 18.6 Å². The predicted octanol–water partition coefficient (Wildman–Crippen LogP) is 11.4. The van der Waals surface area contributed by atoms with Crippen molar-refractivity contribution in [2.45, 2.75) is 88.9 Å². The molecule has 0 saturated carbocycles. The van der Waals surface area contributed by atoms with Crippen LogP contribution in [0.25, 0.3) is 22.5 Å². The number of unbranched alkanes of at least 4 members (excludes halogenated alkanes) is 4. The molecule has 0 bridgehead atoms. The molecule has 0 spiro atoms. The first kappa shape index (κ1) is 49.1. The van der Waals surface area contributed by atoms with E-state index in [1.165, 1.54) is 79.8 Å². The zero-order valence-electron chi connectivity index (χ0n) is 37.2. The Morgan fingerprint density at radius 2 is 0.831 bits per heavy atom. The number of hydrogen-bond donors (Lipinski definition) is 2. The number of anilines is 2. The van der Waals surface area contributed by atoms with Crippen molar-refractivity contribution < 1.29 is 31.2 Å². The summed E-state index contributed by atoms with van der Waals surface area (Å²) in [7, 11) is -7.33. The van der Waals surface area contributed by atoms with Gasteiger partial charge in [-0.05, 0) is 123 Å². The maximum atomic E-state index is 13.3. The Hall–Kier alpha value is -5.30. The molecular weight excluding hydrogens is 901 g/mol. The Labute approximate surface area is 391 Å². The van der Waals surface area contributed by atoms with E-state index in [1.54, 1.807) is 0 Å². The second kappa shape index (κ2) is 23.2. The Morgan fingerprint density at radius 1 is 0.508 bits per heavy atom. The normalized spacial score (nSPS) is 11.8. The maximum Gasteiger partial charge on any atom is 0.257 e. The summed E-state index contributed by atoms with van der Waals surface area (Å²) in [5.74, 6) is 0.456. The Bertz CT molecular complexity index is 2500. The second-order valence-corrected chi connectivity index (χ2v) is 21.0. The van der Waals surface area contributed by atoms with Gasteiger partial charge >= 0.3 is 0 Å². The molecule has 0 aliphatic rings. The lowest BCUT2D eigenvalue weighted by atomic mass is 10.1. The van der Waals surface area contributed by atoms with Gasteiger partial charge in [-0.1, -0.05) is 53.4 Å². The van der Waals surface area contributed by atoms with E-state index >= 15 is 0 Å². The van der Waals surface area contributed by atoms with Crippen LogP contribution in [0.15, 0.2) is 118 Å². The highest BCUT2D eigenvalue weighted by Crippen LogP contribution is 2.31. The van der Waals surface area contributed by atoms with Crippen LogP contribution in [-0.4, -0.2) is 73.4 Å². The lowest BCUT2D eigenvalue weighted by molar-refractivity contribution is 0.101. The van der Waals surface area contributed by atoms with Crippen LogP contribution in [0, 0.1) is 0 Å². The van der Waals surface area contributed by atoms with Crippen LogP contribution >= 0.6 is 22.7 Å². The van der Waals surface area contributed by atoms with Gasteiger partial charge in [-0.2, -0.15) is 8.61 Å². The van der Waals surface area contributed by atoms with E-state index in [2.05, 4.69) is 20.6 Å². The fourth-order valence-corrected chi connectivity index (χ4v) is 11.2. The lowest BCUT2D eigenvalue weighted by Crippen LogP contribution is -2.33. The molecule has 2 amide bonds. The monoisotopic (exact) mass is 956 g/mol. The van der Waals surface area contributed by atoms with Gasteiger partial charge < -0.3 is 4.74 Å². The zero-order valence-corrected chi connectivity index (χ0v) is 40.4. The number of amides is 2. The molecule has 0 aliphatic carbocycles. The first-order valence-corrected chi connectivity index (χ1v) is 26.6. The molecule has 17 heteroatoms. The van der Waals surface area contributed by atoms with Crippen molar-refractivity contribution in [2.24, 2.45) is 0 Å². The predicted molar refractivity (Wildman–Crippen MR) is 261 cm³/mol. The average Bonchev–Trinajstić information content (AvgIpc) is 3.99. The topological polar surface area (TPSA) is 168 Å². The van der Waals surface area contributed by atoms with Crippen LogP contribution in [0.3, 0.4) is 0 Å². The summed E-state index contributed by atoms with van der Waals surface area (Å²) < 4.78 is 62.5. The largest absolute Gasteiger partial charge is 0.457 e. The zero-order chi connectivity index (χ0) is 46.4. The SMILES string of the molecule is CCCCN(CCCC)S(=O)(=O)c1ccc(C(=O)Nc2nc(-c3ccc(Oc4ccc(-c5csc(NC(=O)c6ccc(S(=O)(=O)N(CCCC)CCCC)cc6)n5)cc4)cc3)cs2)cc1. The van der Waals surface area contributed by atoms with Gasteiger partial charge in [0.2, 0.25) is 20.0 Å². The highest BCUT2D eigenvalue weighted by molar-refractivity contribution is 7.89. The van der Waals surface area contributed by atoms with E-state index in [9.17, 15) is 26.4 Å². The highest BCUT2D eigenvalue weighted by atomic mass is 32.2. The van der Waals surface area contributed by atoms with E-state index < -0.39 is 20.0 Å². The molecule has 2 N–H and O–H groups in total. The lowest BCUT2D eigenvalue weighted by Gasteiger charge is -2.22. The molecule has 2 aromatic heterocycles. The summed E-state index contributed by atoms with van der Waals surface area (Å²) in [6.45, 7) is 10.0. The number of aromatic nitrogens is 2. The van der Waals surface area contributed by atoms with Crippen LogP contribution in [0.4, 0.5) is 10.3 Å². The van der Waals surface area contributed by atoms with Gasteiger partial charge in [0, 0.05) is 59.2 Å². The van der Waals surface area contributed by atoms with E-state index in [1.807, 2.05) is 87.0 Å². The van der Waals surface area contributed by atoms with Gasteiger partial charge in [0.05, 0.1) is 21.2 Å². The number of rotatable bonds is 24. The molecule has 0 aliphatic heterocycles. The Balaban J connectivity index is 1.00. The molecule has 0 unspecified atom stereocenters. The van der Waals surface area contributed by atoms with Crippen molar-refractivity contribution in [3.63, 3.8) is 0 Å². The number of carbonyl (C=O) groups excluding carboxylic acids is 2. The minimum Gasteiger partial charge on any atom is -0.457 e. The van der Waals surface area contributed by atoms with Crippen molar-refractivity contribution >= 4 is 64.8 Å². The number of ether oxygens (including phenoxy) is 1. The number of nitrogens with zero attached hydrogens (tertiary/aromatic N) is 4. The van der Waals surface area contributed by atoms with Crippen LogP contribution in [0.1, 0.15) is 99.8 Å². The Kier molecular flexibility index (Phi) is 17.6. The average molecular weight is 957 g/mol. The molecule has 0 atom stereocenters. The molecule has 0 radical (unpaired) electrons. The quantitative estimate of drug-likeness (QED) is 0.0600. The minimum atomic E-state index is -3.67. The minimum absolute atomic E-state index is 0.169. The van der Waals surface area contributed by atoms with Gasteiger partial charge in [0.1, 0.15) is 11.5 Å². The Morgan fingerprint density at radius 3 is 1.14 bits per heavy atom. The van der Waals surface area contributed by atoms with Crippen molar-refractivity contribution in [3.8, 4) is 34.0 Å². The summed E-state index contributed by atoms with van der Waals surface area (Å²) in [6, 6.07) is 26.9. The van der Waals surface area contributed by atoms with Gasteiger partial charge in [0.15, 0.2) is 10.3 Å². The number of thiazole rings is 2. The van der Waals surface area contributed by atoms with E-state index in [0.717, 1.165) is 62.5 Å². The van der Waals surface area contributed by atoms with Crippen LogP contribution in [0.5, 0.6) is 11.5 Å². The number of benzene rings is 4. The molecule has 0 fully saturated rings. The van der Waals surface area contributed by atoms with E-state index in [0.29, 0.717) is 70.5 Å². The summed E-state index contributed by atoms with van der Waals surface area (Å²) in [6.07, 6.45) is 6.72. The third-order valence-corrected chi connectivity index (χ3v) is 15.9. The molecule has 2 heterocycles. The molecule has 65 heavy (non-hydrogen) atoms. The summed E-state index contributed by atoms with van der Waals surface area (Å²) in [5, 5.41) is 10.2. The van der Waals surface area contributed by atoms with Crippen LogP contribution < -0.4 is 15.4 Å². The van der Waals surface area contributed by atoms with Gasteiger partial charge in [-0.15, -0.1) is 22.7 Å². The third-order valence-electron chi connectivity index (χ3n) is 10.5. The summed E-state index contributed by atoms with van der Waals surface area (Å²) >= 11 is 2.57.